The summed E-state index contributed by atoms with van der Waals surface area (Å²) in [4.78, 5) is 12.0. The smallest absolute Gasteiger partial charge is 0.248 e. The Kier molecular flexibility index (Phi) is 5.72. The Hall–Kier alpha value is -2.20. The molecule has 0 saturated carbocycles. The van der Waals surface area contributed by atoms with Gasteiger partial charge < -0.3 is 9.73 Å². The van der Waals surface area contributed by atoms with Gasteiger partial charge in [0.2, 0.25) is 5.91 Å². The van der Waals surface area contributed by atoms with Gasteiger partial charge in [-0.05, 0) is 61.0 Å². The molecule has 0 radical (unpaired) electrons. The van der Waals surface area contributed by atoms with Crippen molar-refractivity contribution < 1.29 is 9.21 Å². The molecule has 0 spiro atoms. The predicted molar refractivity (Wildman–Crippen MR) is 108 cm³/mol. The summed E-state index contributed by atoms with van der Waals surface area (Å²) >= 11 is 18.1. The second kappa shape index (κ2) is 8.00. The highest BCUT2D eigenvalue weighted by Gasteiger charge is 2.08. The molecule has 6 heteroatoms. The van der Waals surface area contributed by atoms with Crippen LogP contribution in [0.3, 0.4) is 0 Å². The van der Waals surface area contributed by atoms with Crippen molar-refractivity contribution in [3.8, 4) is 11.3 Å². The van der Waals surface area contributed by atoms with Gasteiger partial charge in [0, 0.05) is 27.4 Å². The molecule has 0 bridgehead atoms. The molecule has 2 aromatic carbocycles. The first-order valence-corrected chi connectivity index (χ1v) is 8.86. The molecule has 0 aliphatic rings. The molecule has 1 heterocycles. The molecule has 3 rings (SSSR count). The number of benzene rings is 2. The van der Waals surface area contributed by atoms with Crippen molar-refractivity contribution in [3.05, 3.63) is 81.0 Å². The van der Waals surface area contributed by atoms with Crippen LogP contribution in [-0.2, 0) is 4.79 Å². The van der Waals surface area contributed by atoms with E-state index in [2.05, 4.69) is 5.32 Å². The Morgan fingerprint density at radius 2 is 1.81 bits per heavy atom. The fourth-order valence-electron chi connectivity index (χ4n) is 2.29. The molecular formula is C20H14Cl3NO2. The third-order valence-electron chi connectivity index (χ3n) is 3.66. The number of hydrogen-bond acceptors (Lipinski definition) is 2. The van der Waals surface area contributed by atoms with E-state index >= 15 is 0 Å². The van der Waals surface area contributed by atoms with Gasteiger partial charge in [-0.1, -0.05) is 40.9 Å². The van der Waals surface area contributed by atoms with Crippen LogP contribution in [0.2, 0.25) is 15.1 Å². The monoisotopic (exact) mass is 405 g/mol. The van der Waals surface area contributed by atoms with E-state index in [1.54, 1.807) is 48.5 Å². The van der Waals surface area contributed by atoms with Gasteiger partial charge in [-0.15, -0.1) is 0 Å². The summed E-state index contributed by atoms with van der Waals surface area (Å²) in [6, 6.07) is 14.1. The first-order valence-electron chi connectivity index (χ1n) is 7.73. The third kappa shape index (κ3) is 4.50. The van der Waals surface area contributed by atoms with Crippen molar-refractivity contribution >= 4 is 52.5 Å². The number of carbonyl (C=O) groups excluding carboxylic acids is 1. The van der Waals surface area contributed by atoms with E-state index in [1.165, 1.54) is 6.08 Å². The van der Waals surface area contributed by atoms with Crippen LogP contribution in [0.4, 0.5) is 5.69 Å². The second-order valence-corrected chi connectivity index (χ2v) is 6.86. The third-order valence-corrected chi connectivity index (χ3v) is 4.62. The number of furan rings is 1. The lowest BCUT2D eigenvalue weighted by molar-refractivity contribution is -0.111. The zero-order valence-electron chi connectivity index (χ0n) is 13.7. The summed E-state index contributed by atoms with van der Waals surface area (Å²) in [7, 11) is 0. The lowest BCUT2D eigenvalue weighted by Crippen LogP contribution is -2.07. The number of halogens is 3. The van der Waals surface area contributed by atoms with Gasteiger partial charge in [-0.3, -0.25) is 4.79 Å². The summed E-state index contributed by atoms with van der Waals surface area (Å²) in [6.45, 7) is 1.90. The average Bonchev–Trinajstić information content (AvgIpc) is 3.05. The summed E-state index contributed by atoms with van der Waals surface area (Å²) in [6.07, 6.45) is 2.97. The Bertz CT molecular complexity index is 992. The second-order valence-electron chi connectivity index (χ2n) is 5.61. The number of nitrogens with one attached hydrogen (secondary N) is 1. The van der Waals surface area contributed by atoms with Crippen molar-refractivity contribution in [2.45, 2.75) is 6.92 Å². The van der Waals surface area contributed by atoms with E-state index in [0.717, 1.165) is 11.1 Å². The van der Waals surface area contributed by atoms with Gasteiger partial charge in [0.1, 0.15) is 11.5 Å². The Balaban J connectivity index is 1.70. The maximum atomic E-state index is 12.0. The Labute approximate surface area is 166 Å². The van der Waals surface area contributed by atoms with Gasteiger partial charge in [0.25, 0.3) is 0 Å². The van der Waals surface area contributed by atoms with Crippen LogP contribution < -0.4 is 5.32 Å². The van der Waals surface area contributed by atoms with Crippen LogP contribution in [0.15, 0.2) is 59.0 Å². The highest BCUT2D eigenvalue weighted by atomic mass is 35.5. The van der Waals surface area contributed by atoms with E-state index in [9.17, 15) is 4.79 Å². The number of rotatable bonds is 4. The van der Waals surface area contributed by atoms with Gasteiger partial charge in [0.15, 0.2) is 0 Å². The zero-order valence-corrected chi connectivity index (χ0v) is 16.0. The normalized spacial score (nSPS) is 11.1. The molecule has 0 aliphatic carbocycles. The first kappa shape index (κ1) is 18.6. The molecule has 0 unspecified atom stereocenters. The number of carbonyl (C=O) groups is 1. The van der Waals surface area contributed by atoms with Crippen LogP contribution >= 0.6 is 34.8 Å². The fourth-order valence-corrected chi connectivity index (χ4v) is 2.97. The molecule has 1 amide bonds. The minimum atomic E-state index is -0.285. The molecule has 0 aliphatic heterocycles. The molecule has 0 atom stereocenters. The van der Waals surface area contributed by atoms with E-state index in [1.807, 2.05) is 13.0 Å². The van der Waals surface area contributed by atoms with Crippen molar-refractivity contribution in [3.63, 3.8) is 0 Å². The van der Waals surface area contributed by atoms with Gasteiger partial charge >= 0.3 is 0 Å². The molecule has 0 saturated heterocycles. The Morgan fingerprint density at radius 1 is 1.00 bits per heavy atom. The molecule has 3 aromatic rings. The van der Waals surface area contributed by atoms with Crippen LogP contribution in [0.5, 0.6) is 0 Å². The lowest BCUT2D eigenvalue weighted by Gasteiger charge is -2.04. The number of amides is 1. The SMILES string of the molecule is Cc1ccc(NC(=O)/C=C/c2ccc(-c3ccc(Cl)cc3Cl)o2)cc1Cl. The van der Waals surface area contributed by atoms with Crippen molar-refractivity contribution in [2.75, 3.05) is 5.32 Å². The molecular weight excluding hydrogens is 393 g/mol. The van der Waals surface area contributed by atoms with E-state index in [4.69, 9.17) is 39.2 Å². The lowest BCUT2D eigenvalue weighted by atomic mass is 10.2. The minimum Gasteiger partial charge on any atom is -0.457 e. The quantitative estimate of drug-likeness (QED) is 0.480. The van der Waals surface area contributed by atoms with Crippen LogP contribution in [0.1, 0.15) is 11.3 Å². The van der Waals surface area contributed by atoms with Crippen molar-refractivity contribution in [1.29, 1.82) is 0 Å². The maximum Gasteiger partial charge on any atom is 0.248 e. The van der Waals surface area contributed by atoms with Crippen molar-refractivity contribution in [1.82, 2.24) is 0 Å². The summed E-state index contributed by atoms with van der Waals surface area (Å²) < 4.78 is 5.71. The molecule has 26 heavy (non-hydrogen) atoms. The average molecular weight is 407 g/mol. The number of anilines is 1. The summed E-state index contributed by atoms with van der Waals surface area (Å²) in [5.41, 5.74) is 2.31. The minimum absolute atomic E-state index is 0.285. The highest BCUT2D eigenvalue weighted by Crippen LogP contribution is 2.31. The number of hydrogen-bond donors (Lipinski definition) is 1. The standard InChI is InChI=1S/C20H14Cl3NO2/c1-12-2-4-14(11-17(12)22)24-20(25)9-6-15-5-8-19(26-15)16-7-3-13(21)10-18(16)23/h2-11H,1H3,(H,24,25)/b9-6+. The first-order chi connectivity index (χ1) is 12.4. The largest absolute Gasteiger partial charge is 0.457 e. The van der Waals surface area contributed by atoms with Crippen molar-refractivity contribution in [2.24, 2.45) is 0 Å². The van der Waals surface area contributed by atoms with Crippen LogP contribution in [0, 0.1) is 6.92 Å². The van der Waals surface area contributed by atoms with E-state index < -0.39 is 0 Å². The molecule has 132 valence electrons. The van der Waals surface area contributed by atoms with Gasteiger partial charge in [-0.25, -0.2) is 0 Å². The van der Waals surface area contributed by atoms with Gasteiger partial charge in [-0.2, -0.15) is 0 Å². The molecule has 0 fully saturated rings. The molecule has 3 nitrogen and oxygen atoms in total. The number of aryl methyl sites for hydroxylation is 1. The zero-order chi connectivity index (χ0) is 18.7. The summed E-state index contributed by atoms with van der Waals surface area (Å²) in [5, 5.41) is 4.40. The van der Waals surface area contributed by atoms with E-state index in [0.29, 0.717) is 32.3 Å². The predicted octanol–water partition coefficient (Wildman–Crippen LogP) is 6.87. The van der Waals surface area contributed by atoms with Crippen LogP contribution in [-0.4, -0.2) is 5.91 Å². The topological polar surface area (TPSA) is 42.2 Å². The van der Waals surface area contributed by atoms with Gasteiger partial charge in [0.05, 0.1) is 5.02 Å². The highest BCUT2D eigenvalue weighted by molar-refractivity contribution is 6.36. The molecule has 1 aromatic heterocycles. The Morgan fingerprint density at radius 3 is 2.54 bits per heavy atom. The maximum absolute atomic E-state index is 12.0. The molecule has 1 N–H and O–H groups in total. The summed E-state index contributed by atoms with van der Waals surface area (Å²) in [5.74, 6) is 0.840. The van der Waals surface area contributed by atoms with E-state index in [-0.39, 0.29) is 5.91 Å². The van der Waals surface area contributed by atoms with Crippen LogP contribution in [0.25, 0.3) is 17.4 Å². The fraction of sp³-hybridized carbons (Fsp3) is 0.0500.